The molecule has 170 valence electrons. The van der Waals surface area contributed by atoms with Crippen molar-refractivity contribution in [3.63, 3.8) is 0 Å². The number of nitrogens with zero attached hydrogens (tertiary/aromatic N) is 2. The van der Waals surface area contributed by atoms with E-state index < -0.39 is 21.9 Å². The van der Waals surface area contributed by atoms with Crippen LogP contribution in [0.1, 0.15) is 5.69 Å². The highest BCUT2D eigenvalue weighted by atomic mass is 32.2. The third-order valence-corrected chi connectivity index (χ3v) is 6.20. The molecule has 0 aliphatic rings. The minimum Gasteiger partial charge on any atom is -0.497 e. The zero-order valence-corrected chi connectivity index (χ0v) is 18.1. The summed E-state index contributed by atoms with van der Waals surface area (Å²) in [6, 6.07) is 21.3. The highest BCUT2D eigenvalue weighted by molar-refractivity contribution is 7.92. The second-order valence-corrected chi connectivity index (χ2v) is 8.70. The standard InChI is InChI=1S/C23H18F3N3O3S/c1-32-19-11-13-20(14-12-19)33(30,31)28-17-9-7-16(8-10-17)21-15-22(23(24,25)26)27-29(21)18-5-3-2-4-6-18/h2-15,28H,1H3. The summed E-state index contributed by atoms with van der Waals surface area (Å²) in [5.74, 6) is 0.520. The molecule has 0 saturated carbocycles. The number of ether oxygens (including phenoxy) is 1. The zero-order chi connectivity index (χ0) is 23.6. The normalized spacial score (nSPS) is 11.9. The van der Waals surface area contributed by atoms with Gasteiger partial charge in [-0.3, -0.25) is 4.72 Å². The Morgan fingerprint density at radius 3 is 2.12 bits per heavy atom. The van der Waals surface area contributed by atoms with E-state index in [2.05, 4.69) is 9.82 Å². The van der Waals surface area contributed by atoms with E-state index >= 15 is 0 Å². The molecule has 0 unspecified atom stereocenters. The Morgan fingerprint density at radius 2 is 1.55 bits per heavy atom. The van der Waals surface area contributed by atoms with Gasteiger partial charge in [0, 0.05) is 11.3 Å². The first-order valence-corrected chi connectivity index (χ1v) is 11.2. The quantitative estimate of drug-likeness (QED) is 0.409. The van der Waals surface area contributed by atoms with Crippen molar-refractivity contribution >= 4 is 15.7 Å². The third kappa shape index (κ3) is 4.85. The zero-order valence-electron chi connectivity index (χ0n) is 17.2. The van der Waals surface area contributed by atoms with Crippen molar-refractivity contribution in [3.8, 4) is 22.7 Å². The number of anilines is 1. The van der Waals surface area contributed by atoms with Gasteiger partial charge in [-0.1, -0.05) is 30.3 Å². The summed E-state index contributed by atoms with van der Waals surface area (Å²) in [4.78, 5) is 0.0457. The van der Waals surface area contributed by atoms with Crippen LogP contribution in [0, 0.1) is 0 Å². The van der Waals surface area contributed by atoms with E-state index in [-0.39, 0.29) is 16.3 Å². The van der Waals surface area contributed by atoms with E-state index in [9.17, 15) is 21.6 Å². The van der Waals surface area contributed by atoms with Crippen LogP contribution in [-0.2, 0) is 16.2 Å². The SMILES string of the molecule is COc1ccc(S(=O)(=O)Nc2ccc(-c3cc(C(F)(F)F)nn3-c3ccccc3)cc2)cc1. The largest absolute Gasteiger partial charge is 0.497 e. The molecule has 0 bridgehead atoms. The molecule has 0 amide bonds. The van der Waals surface area contributed by atoms with Crippen LogP contribution in [0.25, 0.3) is 16.9 Å². The molecule has 0 aliphatic carbocycles. The molecule has 3 aromatic carbocycles. The van der Waals surface area contributed by atoms with E-state index in [1.165, 1.54) is 60.3 Å². The molecule has 4 aromatic rings. The summed E-state index contributed by atoms with van der Waals surface area (Å²) in [7, 11) is -2.38. The molecular formula is C23H18F3N3O3S. The van der Waals surface area contributed by atoms with Gasteiger partial charge in [0.15, 0.2) is 5.69 Å². The van der Waals surface area contributed by atoms with Crippen molar-refractivity contribution in [3.05, 3.63) is 90.6 Å². The lowest BCUT2D eigenvalue weighted by Crippen LogP contribution is -2.12. The van der Waals surface area contributed by atoms with E-state index in [4.69, 9.17) is 4.74 Å². The van der Waals surface area contributed by atoms with Gasteiger partial charge in [-0.05, 0) is 54.6 Å². The molecule has 0 fully saturated rings. The predicted octanol–water partition coefficient (Wildman–Crippen LogP) is 5.37. The maximum Gasteiger partial charge on any atom is 0.435 e. The van der Waals surface area contributed by atoms with Crippen molar-refractivity contribution in [1.82, 2.24) is 9.78 Å². The maximum absolute atomic E-state index is 13.3. The smallest absolute Gasteiger partial charge is 0.435 e. The van der Waals surface area contributed by atoms with Crippen LogP contribution < -0.4 is 9.46 Å². The summed E-state index contributed by atoms with van der Waals surface area (Å²) < 4.78 is 73.9. The Hall–Kier alpha value is -3.79. The molecule has 1 heterocycles. The minimum atomic E-state index is -4.61. The number of hydrogen-bond donors (Lipinski definition) is 1. The Labute approximate surface area is 188 Å². The van der Waals surface area contributed by atoms with Gasteiger partial charge in [0.25, 0.3) is 10.0 Å². The molecule has 33 heavy (non-hydrogen) atoms. The van der Waals surface area contributed by atoms with E-state index in [1.54, 1.807) is 30.3 Å². The van der Waals surface area contributed by atoms with Crippen LogP contribution in [0.2, 0.25) is 0 Å². The van der Waals surface area contributed by atoms with Crippen molar-refractivity contribution in [2.24, 2.45) is 0 Å². The van der Waals surface area contributed by atoms with Crippen molar-refractivity contribution < 1.29 is 26.3 Å². The summed E-state index contributed by atoms with van der Waals surface area (Å²) in [5.41, 5.74) is 0.363. The van der Waals surface area contributed by atoms with E-state index in [0.29, 0.717) is 17.0 Å². The Balaban J connectivity index is 1.65. The van der Waals surface area contributed by atoms with E-state index in [0.717, 1.165) is 6.07 Å². The number of alkyl halides is 3. The van der Waals surface area contributed by atoms with Gasteiger partial charge >= 0.3 is 6.18 Å². The topological polar surface area (TPSA) is 73.2 Å². The van der Waals surface area contributed by atoms with Gasteiger partial charge < -0.3 is 4.74 Å². The van der Waals surface area contributed by atoms with Gasteiger partial charge in [0.1, 0.15) is 5.75 Å². The molecule has 4 rings (SSSR count). The Kier molecular flexibility index (Phi) is 5.86. The molecule has 0 aliphatic heterocycles. The molecule has 0 atom stereocenters. The summed E-state index contributed by atoms with van der Waals surface area (Å²) in [6.45, 7) is 0. The van der Waals surface area contributed by atoms with Crippen LogP contribution in [0.5, 0.6) is 5.75 Å². The number of hydrogen-bond acceptors (Lipinski definition) is 4. The molecule has 0 radical (unpaired) electrons. The van der Waals surface area contributed by atoms with Gasteiger partial charge in [0.05, 0.1) is 23.4 Å². The van der Waals surface area contributed by atoms with Gasteiger partial charge in [-0.25, -0.2) is 13.1 Å². The van der Waals surface area contributed by atoms with Gasteiger partial charge in [-0.2, -0.15) is 18.3 Å². The lowest BCUT2D eigenvalue weighted by Gasteiger charge is -2.11. The number of rotatable bonds is 6. The highest BCUT2D eigenvalue weighted by Gasteiger charge is 2.35. The van der Waals surface area contributed by atoms with Gasteiger partial charge in [-0.15, -0.1) is 0 Å². The molecule has 0 spiro atoms. The Morgan fingerprint density at radius 1 is 0.909 bits per heavy atom. The van der Waals surface area contributed by atoms with Gasteiger partial charge in [0.2, 0.25) is 0 Å². The van der Waals surface area contributed by atoms with Crippen LogP contribution >= 0.6 is 0 Å². The van der Waals surface area contributed by atoms with Crippen molar-refractivity contribution in [1.29, 1.82) is 0 Å². The second-order valence-electron chi connectivity index (χ2n) is 7.02. The number of nitrogens with one attached hydrogen (secondary N) is 1. The summed E-state index contributed by atoms with van der Waals surface area (Å²) in [5, 5.41) is 3.73. The average Bonchev–Trinajstić information content (AvgIpc) is 3.26. The molecule has 0 saturated heterocycles. The van der Waals surface area contributed by atoms with E-state index in [1.807, 2.05) is 0 Å². The molecule has 6 nitrogen and oxygen atoms in total. The predicted molar refractivity (Wildman–Crippen MR) is 118 cm³/mol. The average molecular weight is 473 g/mol. The number of aromatic nitrogens is 2. The number of halogens is 3. The Bertz CT molecular complexity index is 1350. The number of sulfonamides is 1. The molecule has 1 N–H and O–H groups in total. The van der Waals surface area contributed by atoms with Crippen LogP contribution in [0.4, 0.5) is 18.9 Å². The van der Waals surface area contributed by atoms with Crippen LogP contribution in [-0.4, -0.2) is 25.3 Å². The second kappa shape index (κ2) is 8.62. The minimum absolute atomic E-state index is 0.0457. The first kappa shape index (κ1) is 22.4. The summed E-state index contributed by atoms with van der Waals surface area (Å²) >= 11 is 0. The lowest BCUT2D eigenvalue weighted by atomic mass is 10.1. The fourth-order valence-electron chi connectivity index (χ4n) is 3.17. The monoisotopic (exact) mass is 473 g/mol. The fraction of sp³-hybridized carbons (Fsp3) is 0.0870. The fourth-order valence-corrected chi connectivity index (χ4v) is 4.23. The molecular weight excluding hydrogens is 455 g/mol. The number of methoxy groups -OCH3 is 1. The first-order valence-electron chi connectivity index (χ1n) is 9.67. The number of benzene rings is 3. The van der Waals surface area contributed by atoms with Crippen molar-refractivity contribution in [2.45, 2.75) is 11.1 Å². The first-order chi connectivity index (χ1) is 15.7. The summed E-state index contributed by atoms with van der Waals surface area (Å²) in [6.07, 6.45) is -4.61. The third-order valence-electron chi connectivity index (χ3n) is 4.80. The number of para-hydroxylation sites is 1. The van der Waals surface area contributed by atoms with Crippen LogP contribution in [0.3, 0.4) is 0 Å². The van der Waals surface area contributed by atoms with Crippen molar-refractivity contribution in [2.75, 3.05) is 11.8 Å². The molecule has 10 heteroatoms. The molecule has 1 aromatic heterocycles. The highest BCUT2D eigenvalue weighted by Crippen LogP contribution is 2.33. The lowest BCUT2D eigenvalue weighted by molar-refractivity contribution is -0.141. The van der Waals surface area contributed by atoms with Crippen LogP contribution in [0.15, 0.2) is 89.8 Å². The maximum atomic E-state index is 13.3.